The number of carbonyl (C=O) groups is 1. The second kappa shape index (κ2) is 5.66. The average Bonchev–Trinajstić information content (AvgIpc) is 2.26. The lowest BCUT2D eigenvalue weighted by Gasteiger charge is -2.19. The van der Waals surface area contributed by atoms with Crippen molar-refractivity contribution in [3.8, 4) is 0 Å². The molecule has 0 aliphatic heterocycles. The first-order valence-corrected chi connectivity index (χ1v) is 6.94. The highest BCUT2D eigenvalue weighted by Crippen LogP contribution is 2.24. The molecule has 1 aromatic carbocycles. The molecule has 0 heterocycles. The largest absolute Gasteiger partial charge is 0.468 e. The Bertz CT molecular complexity index is 575. The number of aryl methyl sites for hydroxylation is 2. The van der Waals surface area contributed by atoms with Gasteiger partial charge in [0.2, 0.25) is 10.0 Å². The molecule has 0 aliphatic rings. The Kier molecular flexibility index (Phi) is 4.65. The third kappa shape index (κ3) is 3.30. The lowest BCUT2D eigenvalue weighted by molar-refractivity contribution is -0.140. The van der Waals surface area contributed by atoms with E-state index in [0.717, 1.165) is 16.4 Å². The number of hydrogen-bond donors (Lipinski definition) is 0. The zero-order valence-corrected chi connectivity index (χ0v) is 12.0. The van der Waals surface area contributed by atoms with Crippen LogP contribution in [-0.4, -0.2) is 39.4 Å². The van der Waals surface area contributed by atoms with Crippen LogP contribution in [0.2, 0.25) is 0 Å². The van der Waals surface area contributed by atoms with E-state index in [2.05, 4.69) is 4.74 Å². The number of nitrogens with zero attached hydrogens (tertiary/aromatic N) is 1. The highest BCUT2D eigenvalue weighted by molar-refractivity contribution is 7.89. The van der Waals surface area contributed by atoms with Gasteiger partial charge >= 0.3 is 5.97 Å². The maximum Gasteiger partial charge on any atom is 0.321 e. The lowest BCUT2D eigenvalue weighted by Crippen LogP contribution is -2.33. The molecule has 0 unspecified atom stereocenters. The van der Waals surface area contributed by atoms with Crippen LogP contribution < -0.4 is 0 Å². The maximum atomic E-state index is 13.2. The number of halogens is 1. The van der Waals surface area contributed by atoms with Gasteiger partial charge in [-0.1, -0.05) is 0 Å². The van der Waals surface area contributed by atoms with Crippen LogP contribution >= 0.6 is 0 Å². The molecule has 5 nitrogen and oxygen atoms in total. The molecule has 0 saturated heterocycles. The monoisotopic (exact) mass is 289 g/mol. The Labute approximate surface area is 112 Å². The summed E-state index contributed by atoms with van der Waals surface area (Å²) >= 11 is 0. The lowest BCUT2D eigenvalue weighted by atomic mass is 10.1. The van der Waals surface area contributed by atoms with Gasteiger partial charge in [0.15, 0.2) is 0 Å². The first kappa shape index (κ1) is 15.6. The van der Waals surface area contributed by atoms with Crippen molar-refractivity contribution in [2.24, 2.45) is 0 Å². The summed E-state index contributed by atoms with van der Waals surface area (Å²) in [5, 5.41) is 0. The average molecular weight is 289 g/mol. The number of methoxy groups -OCH3 is 1. The summed E-state index contributed by atoms with van der Waals surface area (Å²) < 4.78 is 43.2. The van der Waals surface area contributed by atoms with Gasteiger partial charge < -0.3 is 4.74 Å². The molecule has 19 heavy (non-hydrogen) atoms. The maximum absolute atomic E-state index is 13.2. The standard InChI is InChI=1S/C12H16FNO4S/c1-8-5-10(13)6-9(2)12(8)19(16,17)14(3)7-11(15)18-4/h5-6H,7H2,1-4H3. The first-order chi connectivity index (χ1) is 8.70. The van der Waals surface area contributed by atoms with E-state index >= 15 is 0 Å². The number of sulfonamides is 1. The third-order valence-electron chi connectivity index (χ3n) is 2.67. The molecule has 0 amide bonds. The van der Waals surface area contributed by atoms with Crippen LogP contribution in [0.15, 0.2) is 17.0 Å². The van der Waals surface area contributed by atoms with Crippen molar-refractivity contribution < 1.29 is 22.3 Å². The van der Waals surface area contributed by atoms with Gasteiger partial charge in [0.25, 0.3) is 0 Å². The summed E-state index contributed by atoms with van der Waals surface area (Å²) in [7, 11) is -1.41. The van der Waals surface area contributed by atoms with E-state index in [-0.39, 0.29) is 4.90 Å². The molecule has 0 fully saturated rings. The summed E-state index contributed by atoms with van der Waals surface area (Å²) in [4.78, 5) is 11.2. The van der Waals surface area contributed by atoms with E-state index in [1.165, 1.54) is 28.0 Å². The Morgan fingerprint density at radius 1 is 1.32 bits per heavy atom. The zero-order chi connectivity index (χ0) is 14.8. The zero-order valence-electron chi connectivity index (χ0n) is 11.2. The van der Waals surface area contributed by atoms with Gasteiger partial charge in [-0.25, -0.2) is 12.8 Å². The molecule has 0 atom stereocenters. The fourth-order valence-corrected chi connectivity index (χ4v) is 3.31. The Balaban J connectivity index is 3.24. The number of benzene rings is 1. The summed E-state index contributed by atoms with van der Waals surface area (Å²) in [5.74, 6) is -1.16. The Morgan fingerprint density at radius 2 is 1.79 bits per heavy atom. The molecule has 7 heteroatoms. The van der Waals surface area contributed by atoms with E-state index in [1.54, 1.807) is 0 Å². The summed E-state index contributed by atoms with van der Waals surface area (Å²) in [6, 6.07) is 2.29. The molecule has 0 saturated carbocycles. The van der Waals surface area contributed by atoms with E-state index in [0.29, 0.717) is 11.1 Å². The molecule has 0 bridgehead atoms. The van der Waals surface area contributed by atoms with Crippen LogP contribution in [0.5, 0.6) is 0 Å². The quantitative estimate of drug-likeness (QED) is 0.782. The molecule has 0 aliphatic carbocycles. The molecular formula is C12H16FNO4S. The SMILES string of the molecule is COC(=O)CN(C)S(=O)(=O)c1c(C)cc(F)cc1C. The molecule has 106 valence electrons. The van der Waals surface area contributed by atoms with Gasteiger partial charge in [0.1, 0.15) is 12.4 Å². The normalized spacial score (nSPS) is 11.7. The number of esters is 1. The minimum absolute atomic E-state index is 0.0142. The molecule has 1 rings (SSSR count). The number of rotatable bonds is 4. The van der Waals surface area contributed by atoms with E-state index < -0.39 is 28.4 Å². The molecule has 1 aromatic rings. The molecular weight excluding hydrogens is 273 g/mol. The summed E-state index contributed by atoms with van der Waals surface area (Å²) in [5.41, 5.74) is 0.600. The number of carbonyl (C=O) groups excluding carboxylic acids is 1. The first-order valence-electron chi connectivity index (χ1n) is 5.50. The predicted octanol–water partition coefficient (Wildman–Crippen LogP) is 1.24. The van der Waals surface area contributed by atoms with Crippen LogP contribution in [0, 0.1) is 19.7 Å². The van der Waals surface area contributed by atoms with Gasteiger partial charge in [0.05, 0.1) is 12.0 Å². The van der Waals surface area contributed by atoms with Crippen molar-refractivity contribution in [3.05, 3.63) is 29.1 Å². The number of likely N-dealkylation sites (N-methyl/N-ethyl adjacent to an activating group) is 1. The van der Waals surface area contributed by atoms with Gasteiger partial charge in [-0.3, -0.25) is 4.79 Å². The minimum atomic E-state index is -3.86. The van der Waals surface area contributed by atoms with Crippen LogP contribution in [0.25, 0.3) is 0 Å². The van der Waals surface area contributed by atoms with Crippen molar-refractivity contribution in [3.63, 3.8) is 0 Å². The Morgan fingerprint density at radius 3 is 2.21 bits per heavy atom. The predicted molar refractivity (Wildman–Crippen MR) is 67.7 cm³/mol. The van der Waals surface area contributed by atoms with Gasteiger partial charge in [-0.2, -0.15) is 4.31 Å². The highest BCUT2D eigenvalue weighted by Gasteiger charge is 2.27. The smallest absolute Gasteiger partial charge is 0.321 e. The number of ether oxygens (including phenoxy) is 1. The van der Waals surface area contributed by atoms with Gasteiger partial charge in [-0.05, 0) is 37.1 Å². The van der Waals surface area contributed by atoms with Crippen molar-refractivity contribution >= 4 is 16.0 Å². The van der Waals surface area contributed by atoms with Crippen molar-refractivity contribution in [1.82, 2.24) is 4.31 Å². The van der Waals surface area contributed by atoms with Crippen molar-refractivity contribution in [1.29, 1.82) is 0 Å². The molecule has 0 N–H and O–H groups in total. The van der Waals surface area contributed by atoms with Crippen molar-refractivity contribution in [2.45, 2.75) is 18.7 Å². The summed E-state index contributed by atoms with van der Waals surface area (Å²) in [6.45, 7) is 2.62. The second-order valence-electron chi connectivity index (χ2n) is 4.21. The third-order valence-corrected chi connectivity index (χ3v) is 4.78. The summed E-state index contributed by atoms with van der Waals surface area (Å²) in [6.07, 6.45) is 0. The van der Waals surface area contributed by atoms with Gasteiger partial charge in [-0.15, -0.1) is 0 Å². The van der Waals surface area contributed by atoms with E-state index in [1.807, 2.05) is 0 Å². The minimum Gasteiger partial charge on any atom is -0.468 e. The van der Waals surface area contributed by atoms with Crippen molar-refractivity contribution in [2.75, 3.05) is 20.7 Å². The van der Waals surface area contributed by atoms with E-state index in [9.17, 15) is 17.6 Å². The van der Waals surface area contributed by atoms with Gasteiger partial charge in [0, 0.05) is 7.05 Å². The topological polar surface area (TPSA) is 63.7 Å². The van der Waals surface area contributed by atoms with Crippen LogP contribution in [0.1, 0.15) is 11.1 Å². The van der Waals surface area contributed by atoms with Crippen LogP contribution in [0.3, 0.4) is 0 Å². The Hall–Kier alpha value is -1.47. The van der Waals surface area contributed by atoms with E-state index in [4.69, 9.17) is 0 Å². The molecule has 0 aromatic heterocycles. The number of hydrogen-bond acceptors (Lipinski definition) is 4. The fourth-order valence-electron chi connectivity index (χ4n) is 1.79. The fraction of sp³-hybridized carbons (Fsp3) is 0.417. The molecule has 0 spiro atoms. The molecule has 0 radical (unpaired) electrons. The van der Waals surface area contributed by atoms with Crippen LogP contribution in [0.4, 0.5) is 4.39 Å². The van der Waals surface area contributed by atoms with Crippen LogP contribution in [-0.2, 0) is 19.6 Å². The highest BCUT2D eigenvalue weighted by atomic mass is 32.2. The second-order valence-corrected chi connectivity index (χ2v) is 6.19.